The molecule has 0 bridgehead atoms. The fourth-order valence-corrected chi connectivity index (χ4v) is 3.83. The molecule has 0 atom stereocenters. The van der Waals surface area contributed by atoms with E-state index in [9.17, 15) is 0 Å². The predicted molar refractivity (Wildman–Crippen MR) is 72.7 cm³/mol. The number of aromatic nitrogens is 1. The molecule has 0 spiro atoms. The van der Waals surface area contributed by atoms with Crippen LogP contribution in [0.25, 0.3) is 11.3 Å². The summed E-state index contributed by atoms with van der Waals surface area (Å²) < 4.78 is 4.36. The molecule has 3 nitrogen and oxygen atoms in total. The van der Waals surface area contributed by atoms with Gasteiger partial charge < -0.3 is 17.0 Å². The van der Waals surface area contributed by atoms with Crippen LogP contribution in [0, 0.1) is 6.92 Å². The van der Waals surface area contributed by atoms with Crippen LogP contribution < -0.4 is 32.8 Å². The minimum absolute atomic E-state index is 0. The zero-order valence-electron chi connectivity index (χ0n) is 10.6. The summed E-state index contributed by atoms with van der Waals surface area (Å²) in [6.07, 6.45) is 1.12. The van der Waals surface area contributed by atoms with Gasteiger partial charge in [-0.05, 0) is 0 Å². The average Bonchev–Trinajstić information content (AvgIpc) is 2.63. The zero-order chi connectivity index (χ0) is 12.3. The maximum atomic E-state index is 6.18. The van der Waals surface area contributed by atoms with Crippen LogP contribution in [0.3, 0.4) is 0 Å². The van der Waals surface area contributed by atoms with Gasteiger partial charge in [0.15, 0.2) is 0 Å². The van der Waals surface area contributed by atoms with Gasteiger partial charge in [0.1, 0.15) is 0 Å². The first-order valence-corrected chi connectivity index (χ1v) is 7.55. The molecule has 0 aliphatic rings. The van der Waals surface area contributed by atoms with Crippen LogP contribution in [0.2, 0.25) is 0 Å². The first-order chi connectivity index (χ1) is 8.24. The van der Waals surface area contributed by atoms with E-state index in [0.717, 1.165) is 23.4 Å². The Morgan fingerprint density at radius 2 is 1.94 bits per heavy atom. The number of nitrogens with zero attached hydrogens (tertiary/aromatic N) is 1. The Kier molecular flexibility index (Phi) is 5.92. The number of nitrogens with two attached hydrogens (primary N) is 1. The molecule has 1 aromatic carbocycles. The Morgan fingerprint density at radius 3 is 2.56 bits per heavy atom. The number of hydrogen-bond acceptors (Lipinski definition) is 2. The third-order valence-corrected chi connectivity index (χ3v) is 4.79. The Morgan fingerprint density at radius 1 is 1.28 bits per heavy atom. The molecule has 0 aliphatic heterocycles. The molecule has 18 heavy (non-hydrogen) atoms. The minimum atomic E-state index is 0. The SMILES string of the molecule is CCCNc1[se]c(C)c(-c2ccccc2)[n+]1N.[Br-]. The summed E-state index contributed by atoms with van der Waals surface area (Å²) in [5.41, 5.74) is 2.35. The van der Waals surface area contributed by atoms with Crippen molar-refractivity contribution in [2.45, 2.75) is 20.3 Å². The second kappa shape index (κ2) is 6.98. The summed E-state index contributed by atoms with van der Waals surface area (Å²) in [5.74, 6) is 6.18. The van der Waals surface area contributed by atoms with Crippen LogP contribution >= 0.6 is 0 Å². The van der Waals surface area contributed by atoms with Gasteiger partial charge >= 0.3 is 108 Å². The number of rotatable bonds is 4. The number of halogens is 1. The molecule has 0 saturated heterocycles. The fraction of sp³-hybridized carbons (Fsp3) is 0.308. The summed E-state index contributed by atoms with van der Waals surface area (Å²) in [6.45, 7) is 5.32. The topological polar surface area (TPSA) is 41.9 Å². The van der Waals surface area contributed by atoms with Crippen molar-refractivity contribution in [2.75, 3.05) is 17.7 Å². The number of benzene rings is 1. The molecule has 98 valence electrons. The normalized spacial score (nSPS) is 9.89. The molecule has 2 aromatic rings. The molecule has 5 heteroatoms. The minimum Gasteiger partial charge on any atom is -1.00 e. The average molecular weight is 375 g/mol. The molecule has 0 amide bonds. The van der Waals surface area contributed by atoms with E-state index in [2.05, 4.69) is 31.3 Å². The van der Waals surface area contributed by atoms with E-state index in [-0.39, 0.29) is 17.0 Å². The van der Waals surface area contributed by atoms with Crippen molar-refractivity contribution in [1.82, 2.24) is 0 Å². The molecular weight excluding hydrogens is 357 g/mol. The molecule has 2 rings (SSSR count). The summed E-state index contributed by atoms with van der Waals surface area (Å²) in [7, 11) is 0. The third-order valence-electron chi connectivity index (χ3n) is 2.62. The molecule has 3 N–H and O–H groups in total. The van der Waals surface area contributed by atoms with E-state index in [0.29, 0.717) is 14.5 Å². The number of hydrogen-bond donors (Lipinski definition) is 2. The smallest absolute Gasteiger partial charge is 1.00 e. The Balaban J connectivity index is 0.00000162. The number of anilines is 1. The van der Waals surface area contributed by atoms with Crippen molar-refractivity contribution in [3.05, 3.63) is 34.8 Å². The van der Waals surface area contributed by atoms with E-state index in [1.54, 1.807) is 0 Å². The number of nitrogen functional groups attached to an aromatic ring is 1. The zero-order valence-corrected chi connectivity index (χ0v) is 13.9. The third kappa shape index (κ3) is 3.16. The van der Waals surface area contributed by atoms with E-state index in [1.807, 2.05) is 22.9 Å². The van der Waals surface area contributed by atoms with E-state index in [1.165, 1.54) is 10.0 Å². The Hall–Kier alpha value is -0.771. The maximum Gasteiger partial charge on any atom is -1.00 e. The second-order valence-corrected chi connectivity index (χ2v) is 6.50. The molecule has 1 aromatic heterocycles. The molecule has 0 radical (unpaired) electrons. The van der Waals surface area contributed by atoms with Gasteiger partial charge in [-0.3, -0.25) is 0 Å². The van der Waals surface area contributed by atoms with Gasteiger partial charge in [-0.1, -0.05) is 0 Å². The number of aryl methyl sites for hydroxylation is 1. The molecule has 0 fully saturated rings. The van der Waals surface area contributed by atoms with Crippen molar-refractivity contribution >= 4 is 19.2 Å². The van der Waals surface area contributed by atoms with Gasteiger partial charge in [0.2, 0.25) is 0 Å². The van der Waals surface area contributed by atoms with Crippen LogP contribution in [-0.4, -0.2) is 21.0 Å². The van der Waals surface area contributed by atoms with Crippen molar-refractivity contribution in [3.63, 3.8) is 0 Å². The number of nitrogens with one attached hydrogen (secondary N) is 1. The largest absolute Gasteiger partial charge is 1.00 e. The van der Waals surface area contributed by atoms with Crippen LogP contribution in [0.15, 0.2) is 30.3 Å². The van der Waals surface area contributed by atoms with E-state index in [4.69, 9.17) is 5.84 Å². The van der Waals surface area contributed by atoms with Gasteiger partial charge in [-0.25, -0.2) is 0 Å². The van der Waals surface area contributed by atoms with Crippen LogP contribution in [-0.2, 0) is 0 Å². The molecule has 0 aliphatic carbocycles. The fourth-order valence-electron chi connectivity index (χ4n) is 1.81. The quantitative estimate of drug-likeness (QED) is 0.390. The van der Waals surface area contributed by atoms with Crippen molar-refractivity contribution in [1.29, 1.82) is 0 Å². The molecule has 0 unspecified atom stereocenters. The summed E-state index contributed by atoms with van der Waals surface area (Å²) in [5, 5.41) is 3.41. The predicted octanol–water partition coefficient (Wildman–Crippen LogP) is -1.45. The van der Waals surface area contributed by atoms with Crippen molar-refractivity contribution in [2.24, 2.45) is 0 Å². The van der Waals surface area contributed by atoms with Gasteiger partial charge in [0.25, 0.3) is 0 Å². The summed E-state index contributed by atoms with van der Waals surface area (Å²) >= 11 is 0.328. The summed E-state index contributed by atoms with van der Waals surface area (Å²) in [6, 6.07) is 10.3. The van der Waals surface area contributed by atoms with Crippen LogP contribution in [0.5, 0.6) is 0 Å². The van der Waals surface area contributed by atoms with Crippen LogP contribution in [0.4, 0.5) is 4.69 Å². The van der Waals surface area contributed by atoms with Gasteiger partial charge in [0.05, 0.1) is 0 Å². The first kappa shape index (κ1) is 15.3. The molecular formula is C13H18BrN3Se. The Labute approximate surface area is 125 Å². The molecule has 0 saturated carbocycles. The maximum absolute atomic E-state index is 6.18. The monoisotopic (exact) mass is 375 g/mol. The van der Waals surface area contributed by atoms with Gasteiger partial charge in [-0.15, -0.1) is 0 Å². The Bertz CT molecular complexity index is 496. The molecule has 1 heterocycles. The summed E-state index contributed by atoms with van der Waals surface area (Å²) in [4.78, 5) is 0. The van der Waals surface area contributed by atoms with Gasteiger partial charge in [-0.2, -0.15) is 0 Å². The first-order valence-electron chi connectivity index (χ1n) is 5.84. The second-order valence-electron chi connectivity index (χ2n) is 3.97. The van der Waals surface area contributed by atoms with Crippen LogP contribution in [0.1, 0.15) is 17.8 Å². The van der Waals surface area contributed by atoms with Crippen molar-refractivity contribution < 1.29 is 21.7 Å². The standard InChI is InChI=1S/C13H17N3Se.BrH/c1-3-9-15-13-16(14)12(10(2)17-13)11-7-5-4-6-8-11;/h4-8H,3,9,14H2,1-2H3;1H. The van der Waals surface area contributed by atoms with E-state index < -0.39 is 0 Å². The van der Waals surface area contributed by atoms with Gasteiger partial charge in [0, 0.05) is 0 Å². The van der Waals surface area contributed by atoms with E-state index >= 15 is 0 Å². The van der Waals surface area contributed by atoms with Crippen molar-refractivity contribution in [3.8, 4) is 11.3 Å².